The molecule has 1 fully saturated rings. The molecule has 1 aromatic rings. The molecule has 1 aromatic carbocycles. The van der Waals surface area contributed by atoms with Crippen molar-refractivity contribution in [3.8, 4) is 0 Å². The van der Waals surface area contributed by atoms with Crippen molar-refractivity contribution in [2.45, 2.75) is 20.0 Å². The summed E-state index contributed by atoms with van der Waals surface area (Å²) in [7, 11) is 0. The average Bonchev–Trinajstić information content (AvgIpc) is 2.26. The van der Waals surface area contributed by atoms with Gasteiger partial charge in [0.1, 0.15) is 0 Å². The van der Waals surface area contributed by atoms with Crippen molar-refractivity contribution in [2.75, 3.05) is 25.4 Å². The fourth-order valence-electron chi connectivity index (χ4n) is 1.88. The lowest BCUT2D eigenvalue weighted by atomic mass is 10.0. The van der Waals surface area contributed by atoms with Crippen LogP contribution < -0.4 is 11.1 Å². The highest BCUT2D eigenvalue weighted by molar-refractivity contribution is 5.52. The summed E-state index contributed by atoms with van der Waals surface area (Å²) in [5, 5.41) is 3.32. The van der Waals surface area contributed by atoms with Crippen LogP contribution in [0.1, 0.15) is 22.8 Å². The molecule has 3 N–H and O–H groups in total. The molecule has 0 amide bonds. The summed E-state index contributed by atoms with van der Waals surface area (Å²) < 4.78 is 5.70. The van der Waals surface area contributed by atoms with Crippen LogP contribution in [0.2, 0.25) is 0 Å². The van der Waals surface area contributed by atoms with E-state index in [0.717, 1.165) is 25.4 Å². The van der Waals surface area contributed by atoms with E-state index in [1.807, 2.05) is 6.07 Å². The molecule has 0 spiro atoms. The molecule has 1 atom stereocenters. The number of hydrogen-bond donors (Lipinski definition) is 2. The minimum absolute atomic E-state index is 0.153. The molecule has 0 radical (unpaired) electrons. The van der Waals surface area contributed by atoms with E-state index in [0.29, 0.717) is 0 Å². The van der Waals surface area contributed by atoms with E-state index in [-0.39, 0.29) is 6.10 Å². The highest BCUT2D eigenvalue weighted by Crippen LogP contribution is 2.25. The molecular weight excluding hydrogens is 188 g/mol. The fraction of sp³-hybridized carbons (Fsp3) is 0.500. The van der Waals surface area contributed by atoms with Gasteiger partial charge in [-0.3, -0.25) is 0 Å². The Balaban J connectivity index is 2.27. The standard InChI is InChI=1S/C12H18N2O/c1-8-5-10(6-11(13)9(8)2)12-7-14-3-4-15-12/h5-6,12,14H,3-4,7,13H2,1-2H3. The van der Waals surface area contributed by atoms with Crippen LogP contribution >= 0.6 is 0 Å². The van der Waals surface area contributed by atoms with Crippen LogP contribution in [0.4, 0.5) is 5.69 Å². The molecule has 1 unspecified atom stereocenters. The Bertz CT molecular complexity index is 334. The molecule has 1 aliphatic heterocycles. The number of aryl methyl sites for hydroxylation is 1. The number of hydrogen-bond acceptors (Lipinski definition) is 3. The van der Waals surface area contributed by atoms with Gasteiger partial charge in [0.15, 0.2) is 0 Å². The highest BCUT2D eigenvalue weighted by Gasteiger charge is 2.16. The van der Waals surface area contributed by atoms with Crippen LogP contribution in [-0.4, -0.2) is 19.7 Å². The first-order valence-electron chi connectivity index (χ1n) is 5.37. The Morgan fingerprint density at radius 1 is 1.40 bits per heavy atom. The summed E-state index contributed by atoms with van der Waals surface area (Å²) in [6.45, 7) is 6.73. The number of nitrogens with two attached hydrogens (primary N) is 1. The summed E-state index contributed by atoms with van der Waals surface area (Å²) in [6.07, 6.45) is 0.153. The minimum atomic E-state index is 0.153. The third-order valence-electron chi connectivity index (χ3n) is 3.03. The predicted molar refractivity (Wildman–Crippen MR) is 61.9 cm³/mol. The van der Waals surface area contributed by atoms with Crippen LogP contribution in [0.15, 0.2) is 12.1 Å². The topological polar surface area (TPSA) is 47.3 Å². The van der Waals surface area contributed by atoms with Gasteiger partial charge < -0.3 is 15.8 Å². The first-order valence-corrected chi connectivity index (χ1v) is 5.37. The summed E-state index contributed by atoms with van der Waals surface area (Å²) in [5.41, 5.74) is 10.4. The molecule has 1 heterocycles. The second kappa shape index (κ2) is 4.21. The molecule has 0 bridgehead atoms. The molecule has 0 aliphatic carbocycles. The summed E-state index contributed by atoms with van der Waals surface area (Å²) >= 11 is 0. The van der Waals surface area contributed by atoms with Crippen LogP contribution in [0.5, 0.6) is 0 Å². The second-order valence-corrected chi connectivity index (χ2v) is 4.12. The molecule has 1 aliphatic rings. The van der Waals surface area contributed by atoms with Gasteiger partial charge in [0.05, 0.1) is 12.7 Å². The van der Waals surface area contributed by atoms with Gasteiger partial charge in [-0.25, -0.2) is 0 Å². The summed E-state index contributed by atoms with van der Waals surface area (Å²) in [4.78, 5) is 0. The van der Waals surface area contributed by atoms with Crippen LogP contribution in [-0.2, 0) is 4.74 Å². The molecule has 15 heavy (non-hydrogen) atoms. The second-order valence-electron chi connectivity index (χ2n) is 4.12. The zero-order valence-electron chi connectivity index (χ0n) is 9.34. The quantitative estimate of drug-likeness (QED) is 0.685. The predicted octanol–water partition coefficient (Wildman–Crippen LogP) is 1.55. The van der Waals surface area contributed by atoms with Gasteiger partial charge in [-0.1, -0.05) is 6.07 Å². The molecule has 0 aromatic heterocycles. The maximum atomic E-state index is 5.95. The van der Waals surface area contributed by atoms with Gasteiger partial charge in [-0.05, 0) is 36.6 Å². The fourth-order valence-corrected chi connectivity index (χ4v) is 1.88. The van der Waals surface area contributed by atoms with Crippen LogP contribution in [0.25, 0.3) is 0 Å². The number of ether oxygens (including phenoxy) is 1. The normalized spacial score (nSPS) is 21.6. The van der Waals surface area contributed by atoms with Crippen molar-refractivity contribution in [3.05, 3.63) is 28.8 Å². The SMILES string of the molecule is Cc1cc(C2CNCCO2)cc(N)c1C. The van der Waals surface area contributed by atoms with E-state index in [1.54, 1.807) is 0 Å². The smallest absolute Gasteiger partial charge is 0.0950 e. The molecular formula is C12H18N2O. The third-order valence-corrected chi connectivity index (χ3v) is 3.03. The van der Waals surface area contributed by atoms with Crippen molar-refractivity contribution in [1.82, 2.24) is 5.32 Å². The van der Waals surface area contributed by atoms with E-state index in [1.165, 1.54) is 16.7 Å². The number of benzene rings is 1. The summed E-state index contributed by atoms with van der Waals surface area (Å²) in [6, 6.07) is 4.20. The number of nitrogens with one attached hydrogen (secondary N) is 1. The number of morpholine rings is 1. The lowest BCUT2D eigenvalue weighted by Gasteiger charge is -2.25. The van der Waals surface area contributed by atoms with Crippen molar-refractivity contribution < 1.29 is 4.74 Å². The first-order chi connectivity index (χ1) is 7.18. The Labute approximate surface area is 90.6 Å². The van der Waals surface area contributed by atoms with Crippen molar-refractivity contribution in [1.29, 1.82) is 0 Å². The molecule has 1 saturated heterocycles. The highest BCUT2D eigenvalue weighted by atomic mass is 16.5. The first kappa shape index (κ1) is 10.5. The molecule has 2 rings (SSSR count). The van der Waals surface area contributed by atoms with Gasteiger partial charge in [-0.2, -0.15) is 0 Å². The molecule has 82 valence electrons. The number of anilines is 1. The van der Waals surface area contributed by atoms with Crippen molar-refractivity contribution in [3.63, 3.8) is 0 Å². The molecule has 0 saturated carbocycles. The lowest BCUT2D eigenvalue weighted by molar-refractivity contribution is 0.0277. The van der Waals surface area contributed by atoms with Crippen molar-refractivity contribution in [2.24, 2.45) is 0 Å². The maximum absolute atomic E-state index is 5.95. The Morgan fingerprint density at radius 2 is 2.20 bits per heavy atom. The van der Waals surface area contributed by atoms with Crippen LogP contribution in [0.3, 0.4) is 0 Å². The van der Waals surface area contributed by atoms with E-state index >= 15 is 0 Å². The molecule has 3 nitrogen and oxygen atoms in total. The van der Waals surface area contributed by atoms with E-state index in [2.05, 4.69) is 25.2 Å². The Kier molecular flexibility index (Phi) is 2.93. The Hall–Kier alpha value is -1.06. The lowest BCUT2D eigenvalue weighted by Crippen LogP contribution is -2.33. The summed E-state index contributed by atoms with van der Waals surface area (Å²) in [5.74, 6) is 0. The maximum Gasteiger partial charge on any atom is 0.0950 e. The van der Waals surface area contributed by atoms with Crippen LogP contribution in [0, 0.1) is 13.8 Å². The number of nitrogen functional groups attached to an aromatic ring is 1. The largest absolute Gasteiger partial charge is 0.398 e. The van der Waals surface area contributed by atoms with Gasteiger partial charge in [-0.15, -0.1) is 0 Å². The molecule has 3 heteroatoms. The van der Waals surface area contributed by atoms with Gasteiger partial charge >= 0.3 is 0 Å². The van der Waals surface area contributed by atoms with Crippen molar-refractivity contribution >= 4 is 5.69 Å². The number of rotatable bonds is 1. The third kappa shape index (κ3) is 2.13. The Morgan fingerprint density at radius 3 is 2.80 bits per heavy atom. The zero-order chi connectivity index (χ0) is 10.8. The minimum Gasteiger partial charge on any atom is -0.398 e. The monoisotopic (exact) mass is 206 g/mol. The average molecular weight is 206 g/mol. The van der Waals surface area contributed by atoms with E-state index in [9.17, 15) is 0 Å². The van der Waals surface area contributed by atoms with Gasteiger partial charge in [0.25, 0.3) is 0 Å². The van der Waals surface area contributed by atoms with Gasteiger partial charge in [0.2, 0.25) is 0 Å². The van der Waals surface area contributed by atoms with E-state index in [4.69, 9.17) is 10.5 Å². The van der Waals surface area contributed by atoms with E-state index < -0.39 is 0 Å². The zero-order valence-corrected chi connectivity index (χ0v) is 9.34. The van der Waals surface area contributed by atoms with Gasteiger partial charge in [0, 0.05) is 18.8 Å².